The molecule has 0 radical (unpaired) electrons. The minimum atomic E-state index is -0.117. The van der Waals surface area contributed by atoms with Crippen LogP contribution in [-0.4, -0.2) is 28.6 Å². The lowest BCUT2D eigenvalue weighted by Gasteiger charge is -2.11. The first-order valence-electron chi connectivity index (χ1n) is 9.21. The van der Waals surface area contributed by atoms with Crippen molar-refractivity contribution in [3.8, 4) is 5.75 Å². The summed E-state index contributed by atoms with van der Waals surface area (Å²) < 4.78 is 8.01. The van der Waals surface area contributed by atoms with Gasteiger partial charge in [0.1, 0.15) is 11.6 Å². The smallest absolute Gasteiger partial charge is 0.246 e. The number of aromatic nitrogens is 2. The summed E-state index contributed by atoms with van der Waals surface area (Å²) in [6.45, 7) is 7.36. The van der Waals surface area contributed by atoms with E-state index in [1.165, 1.54) is 0 Å². The third kappa shape index (κ3) is 4.97. The Morgan fingerprint density at radius 3 is 2.67 bits per heavy atom. The molecule has 0 unspecified atom stereocenters. The predicted molar refractivity (Wildman–Crippen MR) is 108 cm³/mol. The highest BCUT2D eigenvalue weighted by Gasteiger charge is 2.11. The van der Waals surface area contributed by atoms with Gasteiger partial charge in [-0.15, -0.1) is 0 Å². The summed E-state index contributed by atoms with van der Waals surface area (Å²) in [6.07, 6.45) is 1.55. The van der Waals surface area contributed by atoms with E-state index in [2.05, 4.69) is 22.5 Å². The number of fused-ring (bicyclic) bond motifs is 1. The van der Waals surface area contributed by atoms with Crippen molar-refractivity contribution < 1.29 is 9.53 Å². The van der Waals surface area contributed by atoms with Gasteiger partial charge in [-0.05, 0) is 37.6 Å². The highest BCUT2D eigenvalue weighted by Crippen LogP contribution is 2.17. The Bertz CT molecular complexity index is 916. The Kier molecular flexibility index (Phi) is 6.26. The molecular formula is C22H25N3O2. The minimum Gasteiger partial charge on any atom is -0.494 e. The zero-order valence-electron chi connectivity index (χ0n) is 15.6. The molecule has 140 valence electrons. The zero-order chi connectivity index (χ0) is 19.1. The van der Waals surface area contributed by atoms with E-state index in [4.69, 9.17) is 9.72 Å². The summed E-state index contributed by atoms with van der Waals surface area (Å²) in [5.41, 5.74) is 2.60. The molecule has 0 aliphatic rings. The molecule has 0 fully saturated rings. The number of benzene rings is 2. The van der Waals surface area contributed by atoms with Crippen LogP contribution in [0.1, 0.15) is 19.2 Å². The SMILES string of the molecule is C=C(C)C(=O)NCCc1nc2ccccc2n1CCCOc1ccccc1. The number of nitrogens with one attached hydrogen (secondary N) is 1. The Labute approximate surface area is 159 Å². The van der Waals surface area contributed by atoms with Gasteiger partial charge < -0.3 is 14.6 Å². The number of hydrogen-bond donors (Lipinski definition) is 1. The lowest BCUT2D eigenvalue weighted by Crippen LogP contribution is -2.26. The first-order valence-corrected chi connectivity index (χ1v) is 9.21. The number of imidazole rings is 1. The van der Waals surface area contributed by atoms with Crippen molar-refractivity contribution in [1.29, 1.82) is 0 Å². The molecule has 3 aromatic rings. The zero-order valence-corrected chi connectivity index (χ0v) is 15.6. The van der Waals surface area contributed by atoms with Crippen LogP contribution in [0.25, 0.3) is 11.0 Å². The van der Waals surface area contributed by atoms with Crippen molar-refractivity contribution in [3.05, 3.63) is 72.6 Å². The molecule has 27 heavy (non-hydrogen) atoms. The van der Waals surface area contributed by atoms with Crippen LogP contribution in [0.3, 0.4) is 0 Å². The molecule has 0 bridgehead atoms. The normalized spacial score (nSPS) is 10.7. The van der Waals surface area contributed by atoms with Crippen LogP contribution in [-0.2, 0) is 17.8 Å². The Morgan fingerprint density at radius 2 is 1.89 bits per heavy atom. The summed E-state index contributed by atoms with van der Waals surface area (Å²) in [6, 6.07) is 17.9. The summed E-state index contributed by atoms with van der Waals surface area (Å²) in [5.74, 6) is 1.74. The number of para-hydroxylation sites is 3. The first-order chi connectivity index (χ1) is 13.1. The number of amides is 1. The largest absolute Gasteiger partial charge is 0.494 e. The molecule has 3 rings (SSSR count). The van der Waals surface area contributed by atoms with Crippen molar-refractivity contribution in [1.82, 2.24) is 14.9 Å². The van der Waals surface area contributed by atoms with Gasteiger partial charge >= 0.3 is 0 Å². The van der Waals surface area contributed by atoms with Crippen LogP contribution >= 0.6 is 0 Å². The molecule has 0 aliphatic heterocycles. The van der Waals surface area contributed by atoms with Gasteiger partial charge in [-0.1, -0.05) is 36.9 Å². The average molecular weight is 363 g/mol. The van der Waals surface area contributed by atoms with E-state index in [1.54, 1.807) is 6.92 Å². The van der Waals surface area contributed by atoms with Crippen molar-refractivity contribution in [3.63, 3.8) is 0 Å². The molecule has 5 nitrogen and oxygen atoms in total. The van der Waals surface area contributed by atoms with Gasteiger partial charge in [-0.25, -0.2) is 4.98 Å². The van der Waals surface area contributed by atoms with E-state index < -0.39 is 0 Å². The molecule has 0 aliphatic carbocycles. The minimum absolute atomic E-state index is 0.117. The van der Waals surface area contributed by atoms with Crippen molar-refractivity contribution in [2.24, 2.45) is 0 Å². The Morgan fingerprint density at radius 1 is 1.15 bits per heavy atom. The van der Waals surface area contributed by atoms with Gasteiger partial charge in [0.2, 0.25) is 5.91 Å². The molecule has 0 saturated heterocycles. The van der Waals surface area contributed by atoms with Gasteiger partial charge in [0.25, 0.3) is 0 Å². The molecule has 0 atom stereocenters. The van der Waals surface area contributed by atoms with Crippen LogP contribution in [0.5, 0.6) is 5.75 Å². The van der Waals surface area contributed by atoms with Gasteiger partial charge in [0, 0.05) is 25.1 Å². The standard InChI is InChI=1S/C22H25N3O2/c1-17(2)22(26)23-14-13-21-24-19-11-6-7-12-20(19)25(21)15-8-16-27-18-9-4-3-5-10-18/h3-7,9-12H,1,8,13-16H2,2H3,(H,23,26). The molecule has 1 heterocycles. The fourth-order valence-corrected chi connectivity index (χ4v) is 2.93. The number of carbonyl (C=O) groups excluding carboxylic acids is 1. The highest BCUT2D eigenvalue weighted by molar-refractivity contribution is 5.92. The number of rotatable bonds is 9. The highest BCUT2D eigenvalue weighted by atomic mass is 16.5. The average Bonchev–Trinajstić information content (AvgIpc) is 3.03. The maximum absolute atomic E-state index is 11.7. The fourth-order valence-electron chi connectivity index (χ4n) is 2.93. The van der Waals surface area contributed by atoms with Crippen LogP contribution in [0, 0.1) is 0 Å². The topological polar surface area (TPSA) is 56.2 Å². The monoisotopic (exact) mass is 363 g/mol. The summed E-state index contributed by atoms with van der Waals surface area (Å²) in [7, 11) is 0. The second-order valence-electron chi connectivity index (χ2n) is 6.47. The maximum atomic E-state index is 11.7. The molecule has 1 N–H and O–H groups in total. The summed E-state index contributed by atoms with van der Waals surface area (Å²) in [4.78, 5) is 16.4. The van der Waals surface area contributed by atoms with Gasteiger partial charge in [-0.3, -0.25) is 4.79 Å². The van der Waals surface area contributed by atoms with E-state index in [9.17, 15) is 4.79 Å². The second-order valence-corrected chi connectivity index (χ2v) is 6.47. The molecular weight excluding hydrogens is 338 g/mol. The van der Waals surface area contributed by atoms with Crippen LogP contribution in [0.2, 0.25) is 0 Å². The first kappa shape index (κ1) is 18.7. The lowest BCUT2D eigenvalue weighted by molar-refractivity contribution is -0.117. The van der Waals surface area contributed by atoms with E-state index in [0.29, 0.717) is 25.1 Å². The Hall–Kier alpha value is -3.08. The van der Waals surface area contributed by atoms with Gasteiger partial charge in [0.15, 0.2) is 0 Å². The summed E-state index contributed by atoms with van der Waals surface area (Å²) >= 11 is 0. The van der Waals surface area contributed by atoms with Crippen molar-refractivity contribution in [2.75, 3.05) is 13.2 Å². The molecule has 0 spiro atoms. The van der Waals surface area contributed by atoms with Crippen molar-refractivity contribution >= 4 is 16.9 Å². The van der Waals surface area contributed by atoms with E-state index in [1.807, 2.05) is 48.5 Å². The van der Waals surface area contributed by atoms with Gasteiger partial charge in [-0.2, -0.15) is 0 Å². The molecule has 2 aromatic carbocycles. The van der Waals surface area contributed by atoms with E-state index in [-0.39, 0.29) is 5.91 Å². The number of carbonyl (C=O) groups is 1. The third-order valence-electron chi connectivity index (χ3n) is 4.29. The maximum Gasteiger partial charge on any atom is 0.246 e. The molecule has 1 aromatic heterocycles. The van der Waals surface area contributed by atoms with Crippen LogP contribution in [0.4, 0.5) is 0 Å². The third-order valence-corrected chi connectivity index (χ3v) is 4.29. The van der Waals surface area contributed by atoms with Gasteiger partial charge in [0.05, 0.1) is 17.6 Å². The summed E-state index contributed by atoms with van der Waals surface area (Å²) in [5, 5.41) is 2.87. The fraction of sp³-hybridized carbons (Fsp3) is 0.273. The predicted octanol–water partition coefficient (Wildman–Crippen LogP) is 3.74. The quantitative estimate of drug-likeness (QED) is 0.465. The van der Waals surface area contributed by atoms with E-state index >= 15 is 0 Å². The number of aryl methyl sites for hydroxylation is 1. The Balaban J connectivity index is 1.63. The van der Waals surface area contributed by atoms with Crippen molar-refractivity contribution in [2.45, 2.75) is 26.3 Å². The van der Waals surface area contributed by atoms with E-state index in [0.717, 1.165) is 35.6 Å². The van der Waals surface area contributed by atoms with Crippen LogP contribution in [0.15, 0.2) is 66.7 Å². The molecule has 1 amide bonds. The number of ether oxygens (including phenoxy) is 1. The molecule has 0 saturated carbocycles. The second kappa shape index (κ2) is 9.03. The number of nitrogens with zero attached hydrogens (tertiary/aromatic N) is 2. The lowest BCUT2D eigenvalue weighted by atomic mass is 10.3. The molecule has 5 heteroatoms. The number of hydrogen-bond acceptors (Lipinski definition) is 3. The van der Waals surface area contributed by atoms with Crippen LogP contribution < -0.4 is 10.1 Å².